The number of carboxylic acid groups (broad SMARTS) is 1. The highest BCUT2D eigenvalue weighted by molar-refractivity contribution is 8.26. The second-order valence-electron chi connectivity index (χ2n) is 8.15. The summed E-state index contributed by atoms with van der Waals surface area (Å²) in [5, 5.41) is 20.0. The molecule has 0 bridgehead atoms. The zero-order valence-corrected chi connectivity index (χ0v) is 20.7. The van der Waals surface area contributed by atoms with Gasteiger partial charge >= 0.3 is 5.97 Å². The van der Waals surface area contributed by atoms with Gasteiger partial charge in [-0.3, -0.25) is 4.79 Å². The highest BCUT2D eigenvalue weighted by Crippen LogP contribution is 2.47. The highest BCUT2D eigenvalue weighted by Gasteiger charge is 2.21. The molecule has 1 unspecified atom stereocenters. The Morgan fingerprint density at radius 2 is 1.37 bits per heavy atom. The molecule has 0 aliphatic carbocycles. The number of thioether (sulfide) groups is 2. The maximum absolute atomic E-state index is 10.4. The van der Waals surface area contributed by atoms with Gasteiger partial charge in [0.05, 0.1) is 9.49 Å². The second-order valence-corrected chi connectivity index (χ2v) is 11.6. The van der Waals surface area contributed by atoms with Gasteiger partial charge < -0.3 is 5.11 Å². The average Bonchev–Trinajstić information content (AvgIpc) is 3.42. The maximum Gasteiger partial charge on any atom is 0.303 e. The fourth-order valence-corrected chi connectivity index (χ4v) is 7.04. The van der Waals surface area contributed by atoms with Crippen LogP contribution in [-0.2, 0) is 4.79 Å². The first kappa shape index (κ1) is 25.7. The zero-order valence-electron chi connectivity index (χ0n) is 18.2. The van der Waals surface area contributed by atoms with Gasteiger partial charge in [-0.2, -0.15) is 0 Å². The Morgan fingerprint density at radius 1 is 0.833 bits per heavy atom. The summed E-state index contributed by atoms with van der Waals surface area (Å²) in [5.41, 5.74) is 1.81. The third-order valence-corrected chi connectivity index (χ3v) is 9.09. The molecule has 2 heterocycles. The number of aromatic nitrogens is 2. The molecule has 0 fully saturated rings. The highest BCUT2D eigenvalue weighted by atomic mass is 32.2. The number of nitrogens with zero attached hydrogens (tertiary/aromatic N) is 2. The van der Waals surface area contributed by atoms with Gasteiger partial charge in [0.2, 0.25) is 0 Å². The van der Waals surface area contributed by atoms with E-state index >= 15 is 0 Å². The van der Waals surface area contributed by atoms with Crippen molar-refractivity contribution in [2.75, 3.05) is 0 Å². The van der Waals surface area contributed by atoms with Gasteiger partial charge in [-0.25, -0.2) is 0 Å². The Kier molecular flexibility index (Phi) is 14.6. The molecule has 7 heteroatoms. The third kappa shape index (κ3) is 12.4. The van der Waals surface area contributed by atoms with Crippen molar-refractivity contribution in [3.05, 3.63) is 15.9 Å². The Labute approximate surface area is 195 Å². The fourth-order valence-electron chi connectivity index (χ4n) is 3.73. The summed E-state index contributed by atoms with van der Waals surface area (Å²) >= 11 is 5.56. The molecule has 1 N–H and O–H groups in total. The van der Waals surface area contributed by atoms with Crippen molar-refractivity contribution in [3.63, 3.8) is 0 Å². The summed E-state index contributed by atoms with van der Waals surface area (Å²) in [4.78, 5) is 11.7. The van der Waals surface area contributed by atoms with E-state index in [0.29, 0.717) is 11.0 Å². The quantitative estimate of drug-likeness (QED) is 0.205. The number of aliphatic carboxylic acids is 1. The topological polar surface area (TPSA) is 63.1 Å². The van der Waals surface area contributed by atoms with Crippen molar-refractivity contribution in [1.29, 1.82) is 0 Å². The molecular weight excluding hydrogens is 432 g/mol. The Bertz CT molecular complexity index is 593. The molecule has 1 aromatic heterocycles. The number of carbonyl (C=O) groups is 1. The molecule has 0 radical (unpaired) electrons. The Balaban J connectivity index is 1.26. The summed E-state index contributed by atoms with van der Waals surface area (Å²) in [6.45, 7) is 0. The number of rotatable bonds is 19. The van der Waals surface area contributed by atoms with E-state index in [1.54, 1.807) is 11.3 Å². The molecule has 0 aromatic carbocycles. The molecule has 1 aliphatic rings. The average molecular weight is 471 g/mol. The van der Waals surface area contributed by atoms with Crippen LogP contribution in [0.3, 0.4) is 0 Å². The van der Waals surface area contributed by atoms with Crippen LogP contribution < -0.4 is 0 Å². The van der Waals surface area contributed by atoms with Gasteiger partial charge in [0, 0.05) is 6.42 Å². The molecule has 170 valence electrons. The Hall–Kier alpha value is -0.530. The van der Waals surface area contributed by atoms with Crippen molar-refractivity contribution in [1.82, 2.24) is 10.2 Å². The van der Waals surface area contributed by atoms with E-state index in [1.165, 1.54) is 94.8 Å². The van der Waals surface area contributed by atoms with Crippen LogP contribution in [0.5, 0.6) is 0 Å². The van der Waals surface area contributed by atoms with Gasteiger partial charge in [0.15, 0.2) is 5.01 Å². The minimum atomic E-state index is -0.658. The number of hydrogen-bond acceptors (Lipinski definition) is 6. The predicted octanol–water partition coefficient (Wildman–Crippen LogP) is 8.36. The second kappa shape index (κ2) is 17.1. The van der Waals surface area contributed by atoms with Crippen molar-refractivity contribution < 1.29 is 9.90 Å². The van der Waals surface area contributed by atoms with Gasteiger partial charge in [0.25, 0.3) is 0 Å². The molecule has 4 nitrogen and oxygen atoms in total. The smallest absolute Gasteiger partial charge is 0.303 e. The van der Waals surface area contributed by atoms with Gasteiger partial charge in [-0.1, -0.05) is 101 Å². The van der Waals surface area contributed by atoms with E-state index in [-0.39, 0.29) is 0 Å². The van der Waals surface area contributed by atoms with Gasteiger partial charge in [-0.05, 0) is 18.2 Å². The van der Waals surface area contributed by atoms with Gasteiger partial charge in [0.1, 0.15) is 5.51 Å². The van der Waals surface area contributed by atoms with Crippen LogP contribution in [0.1, 0.15) is 114 Å². The molecule has 0 amide bonds. The van der Waals surface area contributed by atoms with E-state index in [2.05, 4.69) is 15.6 Å². The zero-order chi connectivity index (χ0) is 21.3. The first-order valence-corrected chi connectivity index (χ1v) is 14.5. The lowest BCUT2D eigenvalue weighted by atomic mass is 10.0. The minimum Gasteiger partial charge on any atom is -0.481 e. The molecule has 2 rings (SSSR count). The SMILES string of the molecule is O=C(O)CCCCCCCCCCCCCCCCCC1SC=C(c2nncs2)S1. The van der Waals surface area contributed by atoms with Crippen LogP contribution in [0.2, 0.25) is 0 Å². The van der Waals surface area contributed by atoms with Crippen LogP contribution in [0.15, 0.2) is 10.9 Å². The molecule has 1 aromatic rings. The lowest BCUT2D eigenvalue weighted by molar-refractivity contribution is -0.137. The first-order valence-electron chi connectivity index (χ1n) is 11.8. The summed E-state index contributed by atoms with van der Waals surface area (Å²) in [5.74, 6) is -0.658. The van der Waals surface area contributed by atoms with Crippen molar-refractivity contribution in [3.8, 4) is 0 Å². The lowest BCUT2D eigenvalue weighted by Gasteiger charge is -2.08. The standard InChI is InChI=1S/C23H38N2O2S3/c26-21(27)16-14-12-10-8-6-4-2-1-3-5-7-9-11-13-15-17-22-28-18-20(30-22)23-25-24-19-29-23/h18-19,22H,1-17H2,(H,26,27). The molecule has 0 saturated carbocycles. The van der Waals surface area contributed by atoms with Crippen LogP contribution >= 0.6 is 34.9 Å². The molecule has 1 atom stereocenters. The lowest BCUT2D eigenvalue weighted by Crippen LogP contribution is -1.93. The van der Waals surface area contributed by atoms with E-state index in [4.69, 9.17) is 5.11 Å². The fraction of sp³-hybridized carbons (Fsp3) is 0.783. The minimum absolute atomic E-state index is 0.336. The number of hydrogen-bond donors (Lipinski definition) is 1. The van der Waals surface area contributed by atoms with E-state index in [0.717, 1.165) is 17.8 Å². The summed E-state index contributed by atoms with van der Waals surface area (Å²) in [6.07, 6.45) is 21.2. The normalized spacial score (nSPS) is 16.1. The van der Waals surface area contributed by atoms with E-state index in [9.17, 15) is 4.79 Å². The maximum atomic E-state index is 10.4. The molecule has 0 spiro atoms. The van der Waals surface area contributed by atoms with Crippen molar-refractivity contribution in [2.45, 2.75) is 114 Å². The Morgan fingerprint density at radius 3 is 1.87 bits per heavy atom. The molecule has 1 aliphatic heterocycles. The van der Waals surface area contributed by atoms with E-state index in [1.807, 2.05) is 29.0 Å². The van der Waals surface area contributed by atoms with Crippen LogP contribution in [0.25, 0.3) is 4.91 Å². The van der Waals surface area contributed by atoms with Crippen LogP contribution in [-0.4, -0.2) is 25.9 Å². The van der Waals surface area contributed by atoms with Crippen LogP contribution in [0, 0.1) is 0 Å². The summed E-state index contributed by atoms with van der Waals surface area (Å²) < 4.78 is 0.675. The molecule has 30 heavy (non-hydrogen) atoms. The number of carboxylic acids is 1. The van der Waals surface area contributed by atoms with Gasteiger partial charge in [-0.15, -0.1) is 33.7 Å². The molecule has 0 saturated heterocycles. The number of unbranched alkanes of at least 4 members (excludes halogenated alkanes) is 14. The molecular formula is C23H38N2O2S3. The summed E-state index contributed by atoms with van der Waals surface area (Å²) in [7, 11) is 0. The third-order valence-electron chi connectivity index (χ3n) is 5.49. The summed E-state index contributed by atoms with van der Waals surface area (Å²) in [6, 6.07) is 0. The largest absolute Gasteiger partial charge is 0.481 e. The van der Waals surface area contributed by atoms with E-state index < -0.39 is 5.97 Å². The monoisotopic (exact) mass is 470 g/mol. The van der Waals surface area contributed by atoms with Crippen LogP contribution in [0.4, 0.5) is 0 Å². The van der Waals surface area contributed by atoms with Crippen molar-refractivity contribution in [2.24, 2.45) is 0 Å². The van der Waals surface area contributed by atoms with Crippen molar-refractivity contribution >= 4 is 45.7 Å². The first-order chi connectivity index (χ1) is 14.8. The predicted molar refractivity (Wildman–Crippen MR) is 133 cm³/mol.